The van der Waals surface area contributed by atoms with Gasteiger partial charge in [-0.25, -0.2) is 0 Å². The fraction of sp³-hybridized carbons (Fsp3) is 0.667. The zero-order valence-corrected chi connectivity index (χ0v) is 8.47. The molecule has 0 aromatic carbocycles. The van der Waals surface area contributed by atoms with E-state index < -0.39 is 0 Å². The van der Waals surface area contributed by atoms with Crippen molar-refractivity contribution in [2.75, 3.05) is 0 Å². The molecule has 0 heterocycles. The van der Waals surface area contributed by atoms with Crippen LogP contribution < -0.4 is 0 Å². The summed E-state index contributed by atoms with van der Waals surface area (Å²) in [7, 11) is 0. The molecule has 0 unspecified atom stereocenters. The fourth-order valence-corrected chi connectivity index (χ4v) is 1.13. The van der Waals surface area contributed by atoms with Crippen LogP contribution in [0.2, 0.25) is 0 Å². The van der Waals surface area contributed by atoms with Gasteiger partial charge in [-0.2, -0.15) is 0 Å². The van der Waals surface area contributed by atoms with E-state index in [0.29, 0.717) is 0 Å². The first kappa shape index (κ1) is 11.5. The normalized spacial score (nSPS) is 11.7. The fourth-order valence-electron chi connectivity index (χ4n) is 1.13. The first-order valence-corrected chi connectivity index (χ1v) is 5.09. The van der Waals surface area contributed by atoms with E-state index in [1.807, 2.05) is 0 Å². The molecule has 0 atom stereocenters. The molecule has 0 amide bonds. The molecule has 0 bridgehead atoms. The third-order valence-corrected chi connectivity index (χ3v) is 2.00. The Kier molecular flexibility index (Phi) is 8.20. The highest BCUT2D eigenvalue weighted by Crippen LogP contribution is 2.10. The van der Waals surface area contributed by atoms with Gasteiger partial charge in [0.1, 0.15) is 0 Å². The summed E-state index contributed by atoms with van der Waals surface area (Å²) in [5, 5.41) is 0. The molecule has 0 aromatic heterocycles. The van der Waals surface area contributed by atoms with Crippen LogP contribution in [0.25, 0.3) is 0 Å². The second-order valence-corrected chi connectivity index (χ2v) is 3.19. The Morgan fingerprint density at radius 3 is 2.33 bits per heavy atom. The third kappa shape index (κ3) is 6.21. The highest BCUT2D eigenvalue weighted by Gasteiger charge is 1.90. The second-order valence-electron chi connectivity index (χ2n) is 3.19. The topological polar surface area (TPSA) is 0 Å². The predicted octanol–water partition coefficient (Wildman–Crippen LogP) is 4.28. The van der Waals surface area contributed by atoms with E-state index in [2.05, 4.69) is 19.9 Å². The molecule has 0 aliphatic heterocycles. The molecule has 0 saturated heterocycles. The maximum Gasteiger partial charge on any atom is -0.0282 e. The summed E-state index contributed by atoms with van der Waals surface area (Å²) in [6.45, 7) is 9.93. The molecule has 0 N–H and O–H groups in total. The lowest BCUT2D eigenvalue weighted by molar-refractivity contribution is 0.778. The van der Waals surface area contributed by atoms with E-state index in [4.69, 9.17) is 6.58 Å². The molecule has 0 fully saturated rings. The van der Waals surface area contributed by atoms with Gasteiger partial charge in [0, 0.05) is 0 Å². The molecule has 0 aromatic rings. The number of allylic oxidation sites excluding steroid dienone is 3. The van der Waals surface area contributed by atoms with Gasteiger partial charge in [-0.1, -0.05) is 57.4 Å². The van der Waals surface area contributed by atoms with E-state index in [1.54, 1.807) is 6.08 Å². The van der Waals surface area contributed by atoms with Crippen molar-refractivity contribution in [1.29, 1.82) is 0 Å². The van der Waals surface area contributed by atoms with Crippen molar-refractivity contribution in [3.05, 3.63) is 24.3 Å². The molecule has 69 valence electrons. The smallest absolute Gasteiger partial charge is 0.0282 e. The maximum atomic E-state index is 5.50. The number of rotatable bonds is 7. The molecule has 0 heteroatoms. The van der Waals surface area contributed by atoms with Gasteiger partial charge < -0.3 is 0 Å². The number of hydrogen-bond donors (Lipinski definition) is 0. The van der Waals surface area contributed by atoms with Crippen LogP contribution in [-0.2, 0) is 0 Å². The van der Waals surface area contributed by atoms with Crippen LogP contribution in [0.15, 0.2) is 17.7 Å². The zero-order valence-electron chi connectivity index (χ0n) is 8.47. The van der Waals surface area contributed by atoms with Crippen LogP contribution in [-0.4, -0.2) is 0 Å². The van der Waals surface area contributed by atoms with Gasteiger partial charge in [-0.05, 0) is 19.3 Å². The Morgan fingerprint density at radius 2 is 1.83 bits per heavy atom. The quantitative estimate of drug-likeness (QED) is 0.390. The first-order valence-electron chi connectivity index (χ1n) is 5.09. The monoisotopic (exact) mass is 165 g/mol. The first-order chi connectivity index (χ1) is 5.85. The van der Waals surface area contributed by atoms with Gasteiger partial charge in [-0.3, -0.25) is 0 Å². The van der Waals surface area contributed by atoms with E-state index >= 15 is 0 Å². The Bertz CT molecular complexity index is 131. The summed E-state index contributed by atoms with van der Waals surface area (Å²) >= 11 is 0. The van der Waals surface area contributed by atoms with Crippen LogP contribution in [0.3, 0.4) is 0 Å². The van der Waals surface area contributed by atoms with Crippen LogP contribution >= 0.6 is 0 Å². The second kappa shape index (κ2) is 8.58. The lowest BCUT2D eigenvalue weighted by atomic mass is 10.1. The molecule has 0 saturated carbocycles. The van der Waals surface area contributed by atoms with Crippen molar-refractivity contribution in [1.82, 2.24) is 0 Å². The molecular formula is C12H21. The molecule has 0 spiro atoms. The summed E-state index contributed by atoms with van der Waals surface area (Å²) < 4.78 is 0. The zero-order chi connectivity index (χ0) is 9.23. The summed E-state index contributed by atoms with van der Waals surface area (Å²) in [5.41, 5.74) is 1.32. The summed E-state index contributed by atoms with van der Waals surface area (Å²) in [6, 6.07) is 0. The van der Waals surface area contributed by atoms with E-state index in [-0.39, 0.29) is 0 Å². The van der Waals surface area contributed by atoms with E-state index in [1.165, 1.54) is 37.7 Å². The van der Waals surface area contributed by atoms with Gasteiger partial charge in [-0.15, -0.1) is 0 Å². The average Bonchev–Trinajstić information content (AvgIpc) is 2.11. The van der Waals surface area contributed by atoms with Crippen molar-refractivity contribution in [2.24, 2.45) is 0 Å². The Labute approximate surface area is 77.4 Å². The Hall–Kier alpha value is -0.520. The van der Waals surface area contributed by atoms with Crippen molar-refractivity contribution in [2.45, 2.75) is 52.4 Å². The summed E-state index contributed by atoms with van der Waals surface area (Å²) in [6.07, 6.45) is 11.4. The minimum absolute atomic E-state index is 1.15. The van der Waals surface area contributed by atoms with Gasteiger partial charge in [0.2, 0.25) is 0 Å². The van der Waals surface area contributed by atoms with Gasteiger partial charge in [0.05, 0.1) is 0 Å². The molecular weight excluding hydrogens is 144 g/mol. The molecule has 0 aliphatic carbocycles. The third-order valence-electron chi connectivity index (χ3n) is 2.00. The molecule has 0 aliphatic rings. The minimum atomic E-state index is 1.15. The van der Waals surface area contributed by atoms with Crippen LogP contribution in [0.4, 0.5) is 0 Å². The molecule has 12 heavy (non-hydrogen) atoms. The minimum Gasteiger partial charge on any atom is -0.0813 e. The summed E-state index contributed by atoms with van der Waals surface area (Å²) in [5.74, 6) is 0. The highest BCUT2D eigenvalue weighted by atomic mass is 14.0. The predicted molar refractivity (Wildman–Crippen MR) is 56.0 cm³/mol. The van der Waals surface area contributed by atoms with E-state index in [9.17, 15) is 0 Å². The highest BCUT2D eigenvalue weighted by molar-refractivity contribution is 5.14. The molecule has 0 rings (SSSR count). The molecule has 1 radical (unpaired) electrons. The van der Waals surface area contributed by atoms with Crippen LogP contribution in [0.5, 0.6) is 0 Å². The van der Waals surface area contributed by atoms with Crippen molar-refractivity contribution in [3.8, 4) is 0 Å². The van der Waals surface area contributed by atoms with Crippen molar-refractivity contribution < 1.29 is 0 Å². The van der Waals surface area contributed by atoms with Gasteiger partial charge in [0.25, 0.3) is 0 Å². The number of hydrogen-bond acceptors (Lipinski definition) is 0. The van der Waals surface area contributed by atoms with Crippen molar-refractivity contribution >= 4 is 0 Å². The van der Waals surface area contributed by atoms with Crippen LogP contribution in [0.1, 0.15) is 52.4 Å². The van der Waals surface area contributed by atoms with Crippen LogP contribution in [0, 0.1) is 6.58 Å². The largest absolute Gasteiger partial charge is 0.0813 e. The maximum absolute atomic E-state index is 5.50. The van der Waals surface area contributed by atoms with E-state index in [0.717, 1.165) is 6.42 Å². The average molecular weight is 165 g/mol. The Morgan fingerprint density at radius 1 is 1.17 bits per heavy atom. The van der Waals surface area contributed by atoms with Gasteiger partial charge in [0.15, 0.2) is 0 Å². The van der Waals surface area contributed by atoms with Crippen molar-refractivity contribution in [3.63, 3.8) is 0 Å². The Balaban J connectivity index is 3.62. The SMILES string of the molecule is [CH]=CC(=CCCCC)CCCC. The lowest BCUT2D eigenvalue weighted by Crippen LogP contribution is -1.79. The molecule has 0 nitrogen and oxygen atoms in total. The van der Waals surface area contributed by atoms with Gasteiger partial charge >= 0.3 is 0 Å². The number of unbranched alkanes of at least 4 members (excludes halogenated alkanes) is 3. The standard InChI is InChI=1S/C12H21/c1-4-7-9-11-12(6-3)10-8-5-2/h3,6,11H,4-5,7-10H2,1-2H3. The lowest BCUT2D eigenvalue weighted by Gasteiger charge is -1.99. The summed E-state index contributed by atoms with van der Waals surface area (Å²) in [4.78, 5) is 0.